The molecular formula is C89H104FN9O9S. The van der Waals surface area contributed by atoms with E-state index in [1.807, 2.05) is 157 Å². The summed E-state index contributed by atoms with van der Waals surface area (Å²) in [5, 5.41) is 2.34. The number of halogens is 1. The first-order valence-electron chi connectivity index (χ1n) is 36.9. The Morgan fingerprint density at radius 3 is 1.58 bits per heavy atom. The lowest BCUT2D eigenvalue weighted by Gasteiger charge is -2.32. The fourth-order valence-electron chi connectivity index (χ4n) is 14.2. The third kappa shape index (κ3) is 18.7. The second-order valence-corrected chi connectivity index (χ2v) is 31.4. The van der Waals surface area contributed by atoms with Crippen LogP contribution >= 0.6 is 0 Å². The normalized spacial score (nSPS) is 14.8. The Morgan fingerprint density at radius 2 is 0.927 bits per heavy atom. The summed E-state index contributed by atoms with van der Waals surface area (Å²) in [4.78, 5) is 91.6. The molecule has 0 saturated heterocycles. The predicted octanol–water partition coefficient (Wildman–Crippen LogP) is 14.9. The van der Waals surface area contributed by atoms with Gasteiger partial charge in [0.15, 0.2) is 0 Å². The van der Waals surface area contributed by atoms with E-state index >= 15 is 0 Å². The average molecular weight is 1490 g/mol. The number of carbonyl (C=O) groups excluding carboxylic acids is 5. The van der Waals surface area contributed by atoms with Crippen molar-refractivity contribution in [1.82, 2.24) is 28.1 Å². The minimum atomic E-state index is -3.39. The first-order valence-corrected chi connectivity index (χ1v) is 38.3. The van der Waals surface area contributed by atoms with Crippen molar-refractivity contribution in [3.05, 3.63) is 278 Å². The fraction of sp³-hybridized carbons (Fsp3) is 0.337. The molecule has 2 aromatic heterocycles. The Bertz CT molecular complexity index is 5440. The number of aromatic nitrogens is 2. The monoisotopic (exact) mass is 1490 g/mol. The Morgan fingerprint density at radius 1 is 0.404 bits per heavy atom. The number of rotatable bonds is 2. The fourth-order valence-corrected chi connectivity index (χ4v) is 15.7. The molecular weight excluding hydrogens is 1390 g/mol. The van der Waals surface area contributed by atoms with Crippen LogP contribution in [-0.2, 0) is 83.3 Å². The summed E-state index contributed by atoms with van der Waals surface area (Å²) in [6, 6.07) is 47.8. The van der Waals surface area contributed by atoms with Crippen molar-refractivity contribution in [3.63, 3.8) is 0 Å². The molecule has 572 valence electrons. The van der Waals surface area contributed by atoms with Crippen LogP contribution in [-0.4, -0.2) is 122 Å². The summed E-state index contributed by atoms with van der Waals surface area (Å²) in [6.45, 7) is 29.9. The SMILES string of the molecule is CCN1C(=O)Cc2cc(C)ccc21.CCn1c(=O)cc(C)c2cc(C)ccc21.Cc1cc2c(cc1F)CCN(C)S2(=O)=O.Cc1ccc2c(C)c(C)c(=O)n(C)c2c1.Cc1ccc2c(c1)CC(=O)N(C)C2.Cc1ccc2c(c1)CN(C)C2=O.Cc1ccc2c(c1)N(C)C(=O)C2.Cc1ccc2c(c1)N(C)C(=O)N(C)C2. The lowest BCUT2D eigenvalue weighted by Crippen LogP contribution is -2.42. The number of amides is 6. The Kier molecular flexibility index (Phi) is 26.1. The molecule has 16 rings (SSSR count). The number of carbonyl (C=O) groups is 5. The molecule has 0 spiro atoms. The van der Waals surface area contributed by atoms with Crippen molar-refractivity contribution >= 4 is 78.6 Å². The highest BCUT2D eigenvalue weighted by molar-refractivity contribution is 7.89. The number of anilines is 3. The number of pyridine rings is 2. The summed E-state index contributed by atoms with van der Waals surface area (Å²) in [5.74, 6) is 0.440. The van der Waals surface area contributed by atoms with Crippen LogP contribution in [0, 0.1) is 82.0 Å². The zero-order valence-electron chi connectivity index (χ0n) is 66.9. The Balaban J connectivity index is 0.000000144. The van der Waals surface area contributed by atoms with Crippen LogP contribution in [0.2, 0.25) is 0 Å². The van der Waals surface area contributed by atoms with Crippen molar-refractivity contribution in [3.8, 4) is 0 Å². The molecule has 0 saturated carbocycles. The van der Waals surface area contributed by atoms with Crippen LogP contribution in [0.25, 0.3) is 21.8 Å². The number of hydrogen-bond acceptors (Lipinski definition) is 9. The van der Waals surface area contributed by atoms with Gasteiger partial charge in [0, 0.05) is 128 Å². The lowest BCUT2D eigenvalue weighted by atomic mass is 9.98. The molecule has 0 aliphatic carbocycles. The zero-order chi connectivity index (χ0) is 79.9. The van der Waals surface area contributed by atoms with Crippen LogP contribution in [0.4, 0.5) is 26.2 Å². The van der Waals surface area contributed by atoms with Crippen molar-refractivity contribution in [2.24, 2.45) is 7.05 Å². The zero-order valence-corrected chi connectivity index (χ0v) is 67.7. The Labute approximate surface area is 641 Å². The highest BCUT2D eigenvalue weighted by atomic mass is 32.2. The van der Waals surface area contributed by atoms with Gasteiger partial charge in [-0.25, -0.2) is 21.9 Å². The minimum absolute atomic E-state index is 0.0584. The van der Waals surface area contributed by atoms with Crippen LogP contribution in [0.5, 0.6) is 0 Å². The molecule has 0 radical (unpaired) electrons. The van der Waals surface area contributed by atoms with Gasteiger partial charge in [0.05, 0.1) is 40.9 Å². The number of benzene rings is 8. The molecule has 20 heteroatoms. The van der Waals surface area contributed by atoms with Gasteiger partial charge in [-0.1, -0.05) is 107 Å². The van der Waals surface area contributed by atoms with E-state index in [0.29, 0.717) is 49.9 Å². The van der Waals surface area contributed by atoms with Crippen LogP contribution < -0.4 is 25.8 Å². The molecule has 0 N–H and O–H groups in total. The smallest absolute Gasteiger partial charge is 0.324 e. The lowest BCUT2D eigenvalue weighted by molar-refractivity contribution is -0.130. The Hall–Kier alpha value is -10.8. The second kappa shape index (κ2) is 34.6. The molecule has 8 aromatic carbocycles. The number of nitrogens with zero attached hydrogens (tertiary/aromatic N) is 9. The van der Waals surface area contributed by atoms with E-state index in [9.17, 15) is 46.4 Å². The van der Waals surface area contributed by atoms with E-state index < -0.39 is 10.0 Å². The number of likely N-dealkylation sites (N-methyl/N-ethyl adjacent to an activating group) is 4. The van der Waals surface area contributed by atoms with Gasteiger partial charge in [0.25, 0.3) is 17.0 Å². The maximum atomic E-state index is 13.2. The minimum Gasteiger partial charge on any atom is -0.341 e. The maximum Gasteiger partial charge on any atom is 0.324 e. The van der Waals surface area contributed by atoms with E-state index in [2.05, 4.69) is 106 Å². The molecule has 6 aliphatic heterocycles. The molecule has 0 fully saturated rings. The van der Waals surface area contributed by atoms with Gasteiger partial charge in [0.2, 0.25) is 27.7 Å². The molecule has 109 heavy (non-hydrogen) atoms. The summed E-state index contributed by atoms with van der Waals surface area (Å²) in [5.41, 5.74) is 25.9. The van der Waals surface area contributed by atoms with Gasteiger partial charge in [-0.05, 0) is 223 Å². The van der Waals surface area contributed by atoms with Gasteiger partial charge in [-0.3, -0.25) is 33.7 Å². The third-order valence-corrected chi connectivity index (χ3v) is 22.8. The molecule has 10 aromatic rings. The van der Waals surface area contributed by atoms with Crippen molar-refractivity contribution in [1.29, 1.82) is 0 Å². The van der Waals surface area contributed by atoms with Gasteiger partial charge < -0.3 is 33.6 Å². The van der Waals surface area contributed by atoms with Crippen LogP contribution in [0.3, 0.4) is 0 Å². The van der Waals surface area contributed by atoms with E-state index in [1.165, 1.54) is 95.5 Å². The number of sulfonamides is 1. The largest absolute Gasteiger partial charge is 0.341 e. The quantitative estimate of drug-likeness (QED) is 0.162. The first-order chi connectivity index (χ1) is 51.4. The molecule has 6 aliphatic rings. The predicted molar refractivity (Wildman–Crippen MR) is 437 cm³/mol. The molecule has 0 unspecified atom stereocenters. The third-order valence-electron chi connectivity index (χ3n) is 20.8. The van der Waals surface area contributed by atoms with E-state index in [4.69, 9.17) is 0 Å². The molecule has 0 bridgehead atoms. The number of fused-ring (bicyclic) bond motifs is 8. The van der Waals surface area contributed by atoms with Crippen molar-refractivity contribution in [2.75, 3.05) is 70.1 Å². The second-order valence-electron chi connectivity index (χ2n) is 29.4. The van der Waals surface area contributed by atoms with E-state index in [0.717, 1.165) is 87.7 Å². The maximum absolute atomic E-state index is 13.2. The highest BCUT2D eigenvalue weighted by Crippen LogP contribution is 2.33. The van der Waals surface area contributed by atoms with Crippen molar-refractivity contribution < 1.29 is 36.8 Å². The number of aryl methyl sites for hydroxylation is 12. The van der Waals surface area contributed by atoms with Gasteiger partial charge >= 0.3 is 6.03 Å². The van der Waals surface area contributed by atoms with Gasteiger partial charge in [-0.2, -0.15) is 0 Å². The topological polar surface area (TPSA) is 186 Å². The molecule has 6 amide bonds. The van der Waals surface area contributed by atoms with Gasteiger partial charge in [-0.15, -0.1) is 0 Å². The average Bonchev–Trinajstić information content (AvgIpc) is 1.76. The van der Waals surface area contributed by atoms with E-state index in [1.54, 1.807) is 42.1 Å². The first kappa shape index (κ1) is 82.2. The molecule has 0 atom stereocenters. The van der Waals surface area contributed by atoms with Crippen LogP contribution in [0.1, 0.15) is 124 Å². The molecule has 18 nitrogen and oxygen atoms in total. The summed E-state index contributed by atoms with van der Waals surface area (Å²) < 4.78 is 41.8. The van der Waals surface area contributed by atoms with Crippen LogP contribution in [0.15, 0.2) is 160 Å². The van der Waals surface area contributed by atoms with Crippen molar-refractivity contribution in [2.45, 2.75) is 147 Å². The number of urea groups is 1. The molecule has 8 heterocycles. The van der Waals surface area contributed by atoms with Gasteiger partial charge in [0.1, 0.15) is 5.82 Å². The highest BCUT2D eigenvalue weighted by Gasteiger charge is 2.31. The van der Waals surface area contributed by atoms with E-state index in [-0.39, 0.29) is 51.5 Å². The number of hydrogen-bond donors (Lipinski definition) is 0. The summed E-state index contributed by atoms with van der Waals surface area (Å²) in [6.07, 6.45) is 2.27. The summed E-state index contributed by atoms with van der Waals surface area (Å²) >= 11 is 0. The standard InChI is InChI=1S/2C13H15NO.C11H14N2O.2C11H13NO.C10H12FNO2S.2C10H11NO/c1-8-5-6-11-9(2)10(3)13(15)14(4)12(11)7-8;1-4-14-12-6-5-9(2)7-11(12)10(3)8-13(14)15;1-8-4-5-9-7-12(2)11(14)13(3)10(9)6-8;1-8-3-4-9-7-12(2)11(13)6-10(9)5-8;1-3-12-10-5-4-8(2)6-9(10)7-11(12)13;1-7-5-10-8(6-9(7)11)3-4-12(2)15(10,13)14;1-7-3-4-9-8(5-7)6-11(2)10(9)12;1-7-3-4-8-6-10(12)11(2)9(8)5-7/h5-7H,1-4H3;5-8H,4H2,1-3H3;4-6H,7H2,1-3H3;3-5H,6-7H2,1-2H3;4-6H,3,7H2,1-2H3;5-6H,3-4H2,1-2H3;2*3-5H,6H2,1-2H3. The summed E-state index contributed by atoms with van der Waals surface area (Å²) in [7, 11) is 9.12.